The Kier molecular flexibility index (Phi) is 6.12. The fraction of sp³-hybridized carbons (Fsp3) is 0.389. The molecule has 0 amide bonds. The molecule has 0 N–H and O–H groups in total. The van der Waals surface area contributed by atoms with E-state index in [0.29, 0.717) is 24.5 Å². The van der Waals surface area contributed by atoms with Gasteiger partial charge >= 0.3 is 5.97 Å². The summed E-state index contributed by atoms with van der Waals surface area (Å²) in [6.45, 7) is 6.47. The van der Waals surface area contributed by atoms with Crippen molar-refractivity contribution in [2.24, 2.45) is 0 Å². The smallest absolute Gasteiger partial charge is 0.308 e. The minimum absolute atomic E-state index is 0.179. The number of Topliss-reactive ketones (excluding diaryl/α,β-unsaturated/α-hetero) is 1. The molecule has 0 aliphatic carbocycles. The molecule has 0 saturated heterocycles. The van der Waals surface area contributed by atoms with Crippen molar-refractivity contribution in [3.05, 3.63) is 47.3 Å². The minimum atomic E-state index is -0.415. The number of hydrogen-bond donors (Lipinski definition) is 0. The predicted octanol–water partition coefficient (Wildman–Crippen LogP) is 2.71. The van der Waals surface area contributed by atoms with Crippen LogP contribution in [-0.4, -0.2) is 34.7 Å². The van der Waals surface area contributed by atoms with E-state index in [1.54, 1.807) is 28.9 Å². The molecule has 1 aromatic heterocycles. The highest BCUT2D eigenvalue weighted by Crippen LogP contribution is 2.12. The van der Waals surface area contributed by atoms with E-state index in [1.807, 2.05) is 26.8 Å². The van der Waals surface area contributed by atoms with E-state index in [4.69, 9.17) is 9.47 Å². The van der Waals surface area contributed by atoms with E-state index in [2.05, 4.69) is 5.10 Å². The predicted molar refractivity (Wildman–Crippen MR) is 89.2 cm³/mol. The van der Waals surface area contributed by atoms with Gasteiger partial charge in [-0.25, -0.2) is 0 Å². The molecule has 0 atom stereocenters. The number of rotatable bonds is 8. The zero-order valence-corrected chi connectivity index (χ0v) is 14.2. The summed E-state index contributed by atoms with van der Waals surface area (Å²) in [5.74, 6) is 0.0512. The van der Waals surface area contributed by atoms with Crippen LogP contribution in [0.1, 0.15) is 35.1 Å². The Morgan fingerprint density at radius 2 is 1.88 bits per heavy atom. The van der Waals surface area contributed by atoms with Crippen molar-refractivity contribution in [1.29, 1.82) is 0 Å². The average Bonchev–Trinajstić information content (AvgIpc) is 2.89. The molecule has 6 heteroatoms. The van der Waals surface area contributed by atoms with Gasteiger partial charge in [0.15, 0.2) is 12.4 Å². The molecular weight excluding hydrogens is 308 g/mol. The molecule has 6 nitrogen and oxygen atoms in total. The Hall–Kier alpha value is -2.63. The summed E-state index contributed by atoms with van der Waals surface area (Å²) in [6.07, 6.45) is 0.179. The van der Waals surface area contributed by atoms with Gasteiger partial charge in [0.2, 0.25) is 0 Å². The topological polar surface area (TPSA) is 70.4 Å². The van der Waals surface area contributed by atoms with Crippen LogP contribution in [0.3, 0.4) is 0 Å². The van der Waals surface area contributed by atoms with Gasteiger partial charge in [0.05, 0.1) is 25.3 Å². The van der Waals surface area contributed by atoms with Gasteiger partial charge in [-0.1, -0.05) is 0 Å². The van der Waals surface area contributed by atoms with E-state index in [-0.39, 0.29) is 18.8 Å². The van der Waals surface area contributed by atoms with Crippen LogP contribution >= 0.6 is 0 Å². The molecule has 0 spiro atoms. The number of nitrogens with zero attached hydrogens (tertiary/aromatic N) is 2. The second kappa shape index (κ2) is 8.29. The molecule has 0 unspecified atom stereocenters. The first-order chi connectivity index (χ1) is 11.5. The molecule has 0 saturated carbocycles. The summed E-state index contributed by atoms with van der Waals surface area (Å²) in [4.78, 5) is 23.8. The number of aromatic nitrogens is 2. The van der Waals surface area contributed by atoms with Gasteiger partial charge < -0.3 is 9.47 Å². The fourth-order valence-electron chi connectivity index (χ4n) is 2.30. The van der Waals surface area contributed by atoms with Gasteiger partial charge in [0.1, 0.15) is 5.75 Å². The molecule has 0 aliphatic rings. The first-order valence-electron chi connectivity index (χ1n) is 7.92. The van der Waals surface area contributed by atoms with Crippen LogP contribution in [0.15, 0.2) is 30.3 Å². The van der Waals surface area contributed by atoms with Crippen LogP contribution in [0.25, 0.3) is 0 Å². The van der Waals surface area contributed by atoms with E-state index in [1.165, 1.54) is 0 Å². The molecule has 0 radical (unpaired) electrons. The van der Waals surface area contributed by atoms with Crippen LogP contribution in [0.5, 0.6) is 5.75 Å². The Morgan fingerprint density at radius 1 is 1.17 bits per heavy atom. The minimum Gasteiger partial charge on any atom is -0.494 e. The lowest BCUT2D eigenvalue weighted by molar-refractivity contribution is -0.142. The van der Waals surface area contributed by atoms with Crippen molar-refractivity contribution in [2.45, 2.75) is 33.7 Å². The Balaban J connectivity index is 1.78. The van der Waals surface area contributed by atoms with Crippen LogP contribution < -0.4 is 4.74 Å². The lowest BCUT2D eigenvalue weighted by Crippen LogP contribution is -2.16. The third-order valence-electron chi connectivity index (χ3n) is 3.48. The molecule has 0 aliphatic heterocycles. The maximum Gasteiger partial charge on any atom is 0.308 e. The number of hydrogen-bond acceptors (Lipinski definition) is 5. The monoisotopic (exact) mass is 330 g/mol. The summed E-state index contributed by atoms with van der Waals surface area (Å²) in [6, 6.07) is 8.72. The summed E-state index contributed by atoms with van der Waals surface area (Å²) in [5, 5.41) is 4.28. The lowest BCUT2D eigenvalue weighted by Gasteiger charge is -2.07. The molecule has 0 fully saturated rings. The van der Waals surface area contributed by atoms with Crippen molar-refractivity contribution < 1.29 is 19.1 Å². The quantitative estimate of drug-likeness (QED) is 0.550. The summed E-state index contributed by atoms with van der Waals surface area (Å²) in [7, 11) is 0. The molecule has 128 valence electrons. The first kappa shape index (κ1) is 17.7. The van der Waals surface area contributed by atoms with E-state index >= 15 is 0 Å². The summed E-state index contributed by atoms with van der Waals surface area (Å²) in [5.41, 5.74) is 2.39. The largest absolute Gasteiger partial charge is 0.494 e. The molecule has 1 aromatic carbocycles. The highest BCUT2D eigenvalue weighted by Gasteiger charge is 2.11. The third-order valence-corrected chi connectivity index (χ3v) is 3.48. The number of ketones is 1. The van der Waals surface area contributed by atoms with Crippen LogP contribution in [0.4, 0.5) is 0 Å². The van der Waals surface area contributed by atoms with Crippen molar-refractivity contribution in [2.75, 3.05) is 13.2 Å². The SMILES string of the molecule is CCOc1ccc(C(=O)COC(=O)CCn2nc(C)cc2C)cc1. The number of benzene rings is 1. The standard InChI is InChI=1S/C18H22N2O4/c1-4-23-16-7-5-15(6-8-16)17(21)12-24-18(22)9-10-20-14(3)11-13(2)19-20/h5-8,11H,4,9-10,12H2,1-3H3. The lowest BCUT2D eigenvalue weighted by atomic mass is 10.1. The molecule has 2 rings (SSSR count). The molecule has 1 heterocycles. The van der Waals surface area contributed by atoms with Crippen molar-refractivity contribution in [1.82, 2.24) is 9.78 Å². The van der Waals surface area contributed by atoms with E-state index in [0.717, 1.165) is 11.4 Å². The van der Waals surface area contributed by atoms with Gasteiger partial charge in [-0.2, -0.15) is 5.10 Å². The fourth-order valence-corrected chi connectivity index (χ4v) is 2.30. The van der Waals surface area contributed by atoms with Crippen molar-refractivity contribution >= 4 is 11.8 Å². The van der Waals surface area contributed by atoms with E-state index < -0.39 is 5.97 Å². The van der Waals surface area contributed by atoms with Crippen LogP contribution in [-0.2, 0) is 16.1 Å². The molecular formula is C18H22N2O4. The average molecular weight is 330 g/mol. The Bertz CT molecular complexity index is 704. The van der Waals surface area contributed by atoms with Gasteiger partial charge in [-0.05, 0) is 51.1 Å². The Labute approximate surface area is 141 Å². The number of ether oxygens (including phenoxy) is 2. The normalized spacial score (nSPS) is 10.5. The second-order valence-corrected chi connectivity index (χ2v) is 5.44. The number of aryl methyl sites for hydroxylation is 3. The zero-order chi connectivity index (χ0) is 17.5. The first-order valence-corrected chi connectivity index (χ1v) is 7.92. The van der Waals surface area contributed by atoms with Gasteiger partial charge in [0.25, 0.3) is 0 Å². The molecule has 24 heavy (non-hydrogen) atoms. The van der Waals surface area contributed by atoms with Gasteiger partial charge in [-0.15, -0.1) is 0 Å². The maximum atomic E-state index is 12.0. The summed E-state index contributed by atoms with van der Waals surface area (Å²) >= 11 is 0. The number of esters is 1. The van der Waals surface area contributed by atoms with Gasteiger partial charge in [0, 0.05) is 11.3 Å². The Morgan fingerprint density at radius 3 is 2.46 bits per heavy atom. The summed E-state index contributed by atoms with van der Waals surface area (Å²) < 4.78 is 12.1. The molecule has 2 aromatic rings. The highest BCUT2D eigenvalue weighted by molar-refractivity contribution is 5.98. The number of carbonyl (C=O) groups excluding carboxylic acids is 2. The van der Waals surface area contributed by atoms with E-state index in [9.17, 15) is 9.59 Å². The maximum absolute atomic E-state index is 12.0. The zero-order valence-electron chi connectivity index (χ0n) is 14.2. The second-order valence-electron chi connectivity index (χ2n) is 5.44. The van der Waals surface area contributed by atoms with Crippen LogP contribution in [0.2, 0.25) is 0 Å². The van der Waals surface area contributed by atoms with Crippen molar-refractivity contribution in [3.63, 3.8) is 0 Å². The highest BCUT2D eigenvalue weighted by atomic mass is 16.5. The number of carbonyl (C=O) groups is 2. The van der Waals surface area contributed by atoms with Crippen LogP contribution in [0, 0.1) is 13.8 Å². The molecule has 0 bridgehead atoms. The third kappa shape index (κ3) is 4.94. The van der Waals surface area contributed by atoms with Gasteiger partial charge in [-0.3, -0.25) is 14.3 Å². The van der Waals surface area contributed by atoms with Crippen molar-refractivity contribution in [3.8, 4) is 5.75 Å².